The number of ketones is 1. The molecule has 0 aliphatic rings. The summed E-state index contributed by atoms with van der Waals surface area (Å²) in [7, 11) is 0. The Morgan fingerprint density at radius 1 is 1.12 bits per heavy atom. The molecular formula is C16H19N3O2S3. The van der Waals surface area contributed by atoms with E-state index >= 15 is 0 Å². The Labute approximate surface area is 154 Å². The Bertz CT molecular complexity index is 662. The SMILES string of the molecule is CCCCSc1nnc(SCC(=O)NCC(=O)c2ccccc2)s1. The van der Waals surface area contributed by atoms with Crippen molar-refractivity contribution in [3.8, 4) is 0 Å². The molecule has 0 aliphatic carbocycles. The van der Waals surface area contributed by atoms with Crippen molar-refractivity contribution < 1.29 is 9.59 Å². The molecular weight excluding hydrogens is 362 g/mol. The predicted octanol–water partition coefficient (Wildman–Crippen LogP) is 3.52. The quantitative estimate of drug-likeness (QED) is 0.386. The van der Waals surface area contributed by atoms with Crippen LogP contribution in [0.4, 0.5) is 0 Å². The van der Waals surface area contributed by atoms with E-state index in [4.69, 9.17) is 0 Å². The van der Waals surface area contributed by atoms with E-state index in [9.17, 15) is 9.59 Å². The summed E-state index contributed by atoms with van der Waals surface area (Å²) in [5.41, 5.74) is 0.600. The van der Waals surface area contributed by atoms with Crippen molar-refractivity contribution in [2.45, 2.75) is 28.4 Å². The van der Waals surface area contributed by atoms with Crippen LogP contribution < -0.4 is 5.32 Å². The van der Waals surface area contributed by atoms with E-state index in [1.54, 1.807) is 36.0 Å². The number of Topliss-reactive ketones (excluding diaryl/α,β-unsaturated/α-hetero) is 1. The van der Waals surface area contributed by atoms with E-state index in [2.05, 4.69) is 22.4 Å². The first-order valence-electron chi connectivity index (χ1n) is 7.63. The van der Waals surface area contributed by atoms with E-state index < -0.39 is 0 Å². The molecule has 2 aromatic rings. The van der Waals surface area contributed by atoms with E-state index in [1.165, 1.54) is 23.1 Å². The maximum Gasteiger partial charge on any atom is 0.230 e. The summed E-state index contributed by atoms with van der Waals surface area (Å²) in [5.74, 6) is 0.993. The first-order valence-corrected chi connectivity index (χ1v) is 10.4. The smallest absolute Gasteiger partial charge is 0.230 e. The zero-order valence-electron chi connectivity index (χ0n) is 13.4. The fraction of sp³-hybridized carbons (Fsp3) is 0.375. The zero-order valence-corrected chi connectivity index (χ0v) is 15.8. The minimum absolute atomic E-state index is 0.0116. The number of hydrogen-bond acceptors (Lipinski definition) is 7. The van der Waals surface area contributed by atoms with Crippen LogP contribution in [0, 0.1) is 0 Å². The number of aromatic nitrogens is 2. The highest BCUT2D eigenvalue weighted by atomic mass is 32.2. The normalized spacial score (nSPS) is 10.5. The lowest BCUT2D eigenvalue weighted by molar-refractivity contribution is -0.118. The second kappa shape index (κ2) is 10.5. The van der Waals surface area contributed by atoms with Gasteiger partial charge in [0.1, 0.15) is 0 Å². The van der Waals surface area contributed by atoms with Crippen LogP contribution in [-0.4, -0.2) is 39.9 Å². The number of carbonyl (C=O) groups excluding carboxylic acids is 2. The zero-order chi connectivity index (χ0) is 17.2. The average Bonchev–Trinajstić information content (AvgIpc) is 3.06. The van der Waals surface area contributed by atoms with Gasteiger partial charge in [-0.3, -0.25) is 9.59 Å². The van der Waals surface area contributed by atoms with Gasteiger partial charge in [-0.25, -0.2) is 0 Å². The minimum atomic E-state index is -0.181. The number of rotatable bonds is 10. The summed E-state index contributed by atoms with van der Waals surface area (Å²) < 4.78 is 1.71. The summed E-state index contributed by atoms with van der Waals surface area (Å²) in [6, 6.07) is 8.93. The van der Waals surface area contributed by atoms with E-state index in [0.717, 1.165) is 27.3 Å². The maximum absolute atomic E-state index is 11.9. The first-order chi connectivity index (χ1) is 11.7. The van der Waals surface area contributed by atoms with Gasteiger partial charge in [0, 0.05) is 11.3 Å². The third kappa shape index (κ3) is 6.62. The Hall–Kier alpha value is -1.38. The molecule has 0 saturated carbocycles. The molecule has 0 radical (unpaired) electrons. The van der Waals surface area contributed by atoms with Crippen LogP contribution in [0.2, 0.25) is 0 Å². The van der Waals surface area contributed by atoms with Crippen LogP contribution in [0.1, 0.15) is 30.1 Å². The number of unbranched alkanes of at least 4 members (excludes halogenated alkanes) is 1. The van der Waals surface area contributed by atoms with Crippen LogP contribution in [0.15, 0.2) is 39.0 Å². The van der Waals surface area contributed by atoms with Crippen LogP contribution in [0.5, 0.6) is 0 Å². The number of thioether (sulfide) groups is 2. The van der Waals surface area contributed by atoms with Crippen molar-refractivity contribution in [1.82, 2.24) is 15.5 Å². The van der Waals surface area contributed by atoms with Gasteiger partial charge in [0.15, 0.2) is 14.5 Å². The largest absolute Gasteiger partial charge is 0.348 e. The number of hydrogen-bond donors (Lipinski definition) is 1. The molecule has 2 rings (SSSR count). The van der Waals surface area contributed by atoms with Crippen LogP contribution >= 0.6 is 34.9 Å². The molecule has 0 atom stereocenters. The topological polar surface area (TPSA) is 72.0 Å². The third-order valence-electron chi connectivity index (χ3n) is 2.98. The first kappa shape index (κ1) is 19.0. The van der Waals surface area contributed by atoms with Crippen molar-refractivity contribution in [3.05, 3.63) is 35.9 Å². The summed E-state index contributed by atoms with van der Waals surface area (Å²) in [6.07, 6.45) is 2.32. The van der Waals surface area contributed by atoms with Crippen LogP contribution in [0.25, 0.3) is 0 Å². The van der Waals surface area contributed by atoms with Gasteiger partial charge in [0.25, 0.3) is 0 Å². The molecule has 0 spiro atoms. The third-order valence-corrected chi connectivity index (χ3v) is 6.26. The number of benzene rings is 1. The molecule has 0 bridgehead atoms. The molecule has 1 aromatic heterocycles. The molecule has 1 N–H and O–H groups in total. The highest BCUT2D eigenvalue weighted by molar-refractivity contribution is 8.03. The highest BCUT2D eigenvalue weighted by Gasteiger charge is 2.10. The second-order valence-electron chi connectivity index (χ2n) is 4.89. The lowest BCUT2D eigenvalue weighted by atomic mass is 10.1. The van der Waals surface area contributed by atoms with Gasteiger partial charge in [0.2, 0.25) is 5.91 Å². The van der Waals surface area contributed by atoms with Crippen molar-refractivity contribution in [1.29, 1.82) is 0 Å². The fourth-order valence-electron chi connectivity index (χ4n) is 1.70. The Kier molecular flexibility index (Phi) is 8.27. The number of nitrogens with zero attached hydrogens (tertiary/aromatic N) is 2. The second-order valence-corrected chi connectivity index (χ2v) is 8.43. The van der Waals surface area contributed by atoms with Crippen molar-refractivity contribution in [2.24, 2.45) is 0 Å². The number of amides is 1. The molecule has 8 heteroatoms. The van der Waals surface area contributed by atoms with Gasteiger partial charge in [-0.2, -0.15) is 0 Å². The van der Waals surface area contributed by atoms with Crippen molar-refractivity contribution in [2.75, 3.05) is 18.1 Å². The van der Waals surface area contributed by atoms with Gasteiger partial charge in [-0.1, -0.05) is 78.5 Å². The van der Waals surface area contributed by atoms with Gasteiger partial charge in [-0.05, 0) is 6.42 Å². The molecule has 5 nitrogen and oxygen atoms in total. The molecule has 0 unspecified atom stereocenters. The van der Waals surface area contributed by atoms with Crippen molar-refractivity contribution >= 4 is 46.6 Å². The fourth-order valence-corrected chi connectivity index (χ4v) is 4.71. The molecule has 0 saturated heterocycles. The Morgan fingerprint density at radius 2 is 1.83 bits per heavy atom. The Balaban J connectivity index is 1.68. The maximum atomic E-state index is 11.9. The van der Waals surface area contributed by atoms with Gasteiger partial charge >= 0.3 is 0 Å². The molecule has 0 fully saturated rings. The summed E-state index contributed by atoms with van der Waals surface area (Å²) in [4.78, 5) is 23.7. The predicted molar refractivity (Wildman–Crippen MR) is 100 cm³/mol. The molecule has 1 amide bonds. The standard InChI is InChI=1S/C16H19N3O2S3/c1-2-3-9-22-15-18-19-16(24-15)23-11-14(21)17-10-13(20)12-7-5-4-6-8-12/h4-8H,2-3,9-11H2,1H3,(H,17,21). The van der Waals surface area contributed by atoms with Crippen LogP contribution in [-0.2, 0) is 4.79 Å². The average molecular weight is 382 g/mol. The van der Waals surface area contributed by atoms with E-state index in [-0.39, 0.29) is 24.0 Å². The number of nitrogens with one attached hydrogen (secondary N) is 1. The molecule has 24 heavy (non-hydrogen) atoms. The van der Waals surface area contributed by atoms with Gasteiger partial charge in [0.05, 0.1) is 12.3 Å². The molecule has 1 aromatic carbocycles. The molecule has 1 heterocycles. The number of carbonyl (C=O) groups is 2. The Morgan fingerprint density at radius 3 is 2.54 bits per heavy atom. The highest BCUT2D eigenvalue weighted by Crippen LogP contribution is 2.29. The summed E-state index contributed by atoms with van der Waals surface area (Å²) in [6.45, 7) is 2.17. The lowest BCUT2D eigenvalue weighted by Crippen LogP contribution is -2.30. The minimum Gasteiger partial charge on any atom is -0.348 e. The summed E-state index contributed by atoms with van der Waals surface area (Å²) >= 11 is 4.55. The monoisotopic (exact) mass is 381 g/mol. The molecule has 0 aliphatic heterocycles. The molecule has 128 valence electrons. The summed E-state index contributed by atoms with van der Waals surface area (Å²) in [5, 5.41) is 10.8. The van der Waals surface area contributed by atoms with Gasteiger partial charge in [-0.15, -0.1) is 10.2 Å². The lowest BCUT2D eigenvalue weighted by Gasteiger charge is -2.03. The van der Waals surface area contributed by atoms with Crippen molar-refractivity contribution in [3.63, 3.8) is 0 Å². The van der Waals surface area contributed by atoms with Gasteiger partial charge < -0.3 is 5.32 Å². The van der Waals surface area contributed by atoms with E-state index in [0.29, 0.717) is 5.56 Å². The van der Waals surface area contributed by atoms with Crippen LogP contribution in [0.3, 0.4) is 0 Å². The van der Waals surface area contributed by atoms with E-state index in [1.807, 2.05) is 6.07 Å².